The minimum atomic E-state index is 0.539. The van der Waals surface area contributed by atoms with Gasteiger partial charge < -0.3 is 10.1 Å². The lowest BCUT2D eigenvalue weighted by Gasteiger charge is -2.14. The van der Waals surface area contributed by atoms with Crippen molar-refractivity contribution >= 4 is 43.6 Å². The maximum atomic E-state index is 5.29. The third-order valence-electron chi connectivity index (χ3n) is 2.67. The van der Waals surface area contributed by atoms with Crippen molar-refractivity contribution in [1.29, 1.82) is 0 Å². The molecule has 0 aliphatic carbocycles. The average Bonchev–Trinajstić information content (AvgIpc) is 2.33. The lowest BCUT2D eigenvalue weighted by Crippen LogP contribution is -2.26. The topological polar surface area (TPSA) is 21.3 Å². The van der Waals surface area contributed by atoms with E-state index in [0.717, 1.165) is 21.2 Å². The first-order chi connectivity index (χ1) is 8.58. The van der Waals surface area contributed by atoms with Gasteiger partial charge in [0.15, 0.2) is 0 Å². The van der Waals surface area contributed by atoms with Crippen molar-refractivity contribution in [2.45, 2.75) is 25.9 Å². The molecule has 0 aliphatic heterocycles. The number of rotatable bonds is 7. The first kappa shape index (κ1) is 16.3. The highest BCUT2D eigenvalue weighted by atomic mass is 79.9. The summed E-state index contributed by atoms with van der Waals surface area (Å²) in [6.07, 6.45) is 3.34. The average molecular weight is 397 g/mol. The second kappa shape index (κ2) is 8.46. The molecule has 0 amide bonds. The predicted octanol–water partition coefficient (Wildman–Crippen LogP) is 4.45. The van der Waals surface area contributed by atoms with Crippen molar-refractivity contribution < 1.29 is 4.74 Å². The highest BCUT2D eigenvalue weighted by molar-refractivity contribution is 9.11. The number of ether oxygens (including phenoxy) is 1. The Morgan fingerprint density at radius 1 is 1.33 bits per heavy atom. The number of halogens is 2. The Morgan fingerprint density at radius 3 is 2.44 bits per heavy atom. The van der Waals surface area contributed by atoms with Crippen molar-refractivity contribution in [3.63, 3.8) is 0 Å². The highest BCUT2D eigenvalue weighted by Gasteiger charge is 2.08. The second-order valence-corrected chi connectivity index (χ2v) is 6.85. The summed E-state index contributed by atoms with van der Waals surface area (Å²) in [7, 11) is 1.67. The molecule has 0 aromatic heterocycles. The molecule has 0 radical (unpaired) electrons. The maximum Gasteiger partial charge on any atom is 0.147 e. The van der Waals surface area contributed by atoms with Crippen LogP contribution in [0.25, 0.3) is 0 Å². The van der Waals surface area contributed by atoms with E-state index in [4.69, 9.17) is 4.74 Å². The molecule has 1 unspecified atom stereocenters. The molecule has 0 bridgehead atoms. The van der Waals surface area contributed by atoms with Crippen LogP contribution in [-0.4, -0.2) is 25.2 Å². The standard InChI is InChI=1S/C13H19Br2NOS/c1-9(4-5-18-3)16-8-10-6-11(14)13(17-2)12(15)7-10/h6-7,9,16H,4-5,8H2,1-3H3. The molecule has 1 aromatic rings. The van der Waals surface area contributed by atoms with Gasteiger partial charge in [-0.15, -0.1) is 0 Å². The summed E-state index contributed by atoms with van der Waals surface area (Å²) < 4.78 is 7.25. The van der Waals surface area contributed by atoms with Crippen LogP contribution in [0.4, 0.5) is 0 Å². The van der Waals surface area contributed by atoms with Crippen molar-refractivity contribution in [3.8, 4) is 5.75 Å². The fourth-order valence-corrected chi connectivity index (χ4v) is 3.79. The minimum absolute atomic E-state index is 0.539. The number of benzene rings is 1. The molecule has 18 heavy (non-hydrogen) atoms. The van der Waals surface area contributed by atoms with Gasteiger partial charge in [-0.2, -0.15) is 11.8 Å². The molecule has 0 spiro atoms. The molecule has 2 nitrogen and oxygen atoms in total. The maximum absolute atomic E-state index is 5.29. The largest absolute Gasteiger partial charge is 0.494 e. The first-order valence-electron chi connectivity index (χ1n) is 5.82. The zero-order valence-electron chi connectivity index (χ0n) is 10.9. The van der Waals surface area contributed by atoms with Crippen LogP contribution in [0.1, 0.15) is 18.9 Å². The van der Waals surface area contributed by atoms with Gasteiger partial charge in [0.1, 0.15) is 5.75 Å². The van der Waals surface area contributed by atoms with E-state index in [2.05, 4.69) is 62.5 Å². The minimum Gasteiger partial charge on any atom is -0.494 e. The van der Waals surface area contributed by atoms with Crippen LogP contribution in [0.5, 0.6) is 5.75 Å². The van der Waals surface area contributed by atoms with Gasteiger partial charge in [0.2, 0.25) is 0 Å². The Balaban J connectivity index is 2.58. The monoisotopic (exact) mass is 395 g/mol. The van der Waals surface area contributed by atoms with E-state index < -0.39 is 0 Å². The summed E-state index contributed by atoms with van der Waals surface area (Å²) in [5.74, 6) is 2.04. The van der Waals surface area contributed by atoms with E-state index in [-0.39, 0.29) is 0 Å². The molecule has 1 aromatic carbocycles. The summed E-state index contributed by atoms with van der Waals surface area (Å²) in [4.78, 5) is 0. The molecule has 0 saturated carbocycles. The van der Waals surface area contributed by atoms with Gasteiger partial charge in [-0.1, -0.05) is 0 Å². The quantitative estimate of drug-likeness (QED) is 0.735. The molecule has 1 N–H and O–H groups in total. The Hall–Kier alpha value is 0.290. The fraction of sp³-hybridized carbons (Fsp3) is 0.538. The molecule has 1 rings (SSSR count). The Bertz CT molecular complexity index is 364. The molecule has 1 atom stereocenters. The predicted molar refractivity (Wildman–Crippen MR) is 87.7 cm³/mol. The van der Waals surface area contributed by atoms with E-state index in [0.29, 0.717) is 6.04 Å². The van der Waals surface area contributed by atoms with Crippen LogP contribution in [0.3, 0.4) is 0 Å². The highest BCUT2D eigenvalue weighted by Crippen LogP contribution is 2.34. The van der Waals surface area contributed by atoms with Gasteiger partial charge in [0.05, 0.1) is 16.1 Å². The van der Waals surface area contributed by atoms with Gasteiger partial charge >= 0.3 is 0 Å². The normalized spacial score (nSPS) is 12.5. The second-order valence-electron chi connectivity index (χ2n) is 4.16. The van der Waals surface area contributed by atoms with Crippen molar-refractivity contribution in [2.75, 3.05) is 19.1 Å². The van der Waals surface area contributed by atoms with E-state index in [9.17, 15) is 0 Å². The Kier molecular flexibility index (Phi) is 7.68. The summed E-state index contributed by atoms with van der Waals surface area (Å²) in [6.45, 7) is 3.10. The van der Waals surface area contributed by atoms with E-state index in [1.54, 1.807) is 7.11 Å². The van der Waals surface area contributed by atoms with Crippen molar-refractivity contribution in [2.24, 2.45) is 0 Å². The molecular formula is C13H19Br2NOS. The summed E-state index contributed by atoms with van der Waals surface area (Å²) in [6, 6.07) is 4.73. The van der Waals surface area contributed by atoms with Crippen LogP contribution in [-0.2, 0) is 6.54 Å². The number of nitrogens with one attached hydrogen (secondary N) is 1. The smallest absolute Gasteiger partial charge is 0.147 e. The van der Waals surface area contributed by atoms with Gasteiger partial charge in [0.25, 0.3) is 0 Å². The molecule has 0 heterocycles. The van der Waals surface area contributed by atoms with E-state index >= 15 is 0 Å². The summed E-state index contributed by atoms with van der Waals surface area (Å²) in [5, 5.41) is 3.53. The Morgan fingerprint density at radius 2 is 1.94 bits per heavy atom. The number of hydrogen-bond acceptors (Lipinski definition) is 3. The Labute approximate surface area is 131 Å². The zero-order valence-corrected chi connectivity index (χ0v) is 14.9. The lowest BCUT2D eigenvalue weighted by atomic mass is 10.2. The molecule has 102 valence electrons. The van der Waals surface area contributed by atoms with Crippen LogP contribution in [0.2, 0.25) is 0 Å². The van der Waals surface area contributed by atoms with Crippen LogP contribution in [0, 0.1) is 0 Å². The zero-order chi connectivity index (χ0) is 13.5. The van der Waals surface area contributed by atoms with E-state index in [1.165, 1.54) is 17.7 Å². The van der Waals surface area contributed by atoms with Crippen molar-refractivity contribution in [3.05, 3.63) is 26.6 Å². The van der Waals surface area contributed by atoms with Crippen LogP contribution in [0.15, 0.2) is 21.1 Å². The number of hydrogen-bond donors (Lipinski definition) is 1. The molecule has 0 aliphatic rings. The third kappa shape index (κ3) is 5.11. The number of thioether (sulfide) groups is 1. The molecule has 0 saturated heterocycles. The van der Waals surface area contributed by atoms with Gasteiger partial charge in [-0.05, 0) is 74.9 Å². The first-order valence-corrected chi connectivity index (χ1v) is 8.80. The van der Waals surface area contributed by atoms with E-state index in [1.807, 2.05) is 11.8 Å². The molecule has 5 heteroatoms. The van der Waals surface area contributed by atoms with Gasteiger partial charge in [-0.3, -0.25) is 0 Å². The van der Waals surface area contributed by atoms with Crippen LogP contribution >= 0.6 is 43.6 Å². The molecule has 0 fully saturated rings. The third-order valence-corrected chi connectivity index (χ3v) is 4.49. The van der Waals surface area contributed by atoms with Crippen molar-refractivity contribution in [1.82, 2.24) is 5.32 Å². The van der Waals surface area contributed by atoms with Crippen LogP contribution < -0.4 is 10.1 Å². The SMILES string of the molecule is COc1c(Br)cc(CNC(C)CCSC)cc1Br. The van der Waals surface area contributed by atoms with Gasteiger partial charge in [-0.25, -0.2) is 0 Å². The molecular weight excluding hydrogens is 378 g/mol. The lowest BCUT2D eigenvalue weighted by molar-refractivity contribution is 0.409. The van der Waals surface area contributed by atoms with Gasteiger partial charge in [0, 0.05) is 12.6 Å². The fourth-order valence-electron chi connectivity index (χ4n) is 1.60. The summed E-state index contributed by atoms with van der Waals surface area (Å²) >= 11 is 8.93. The summed E-state index contributed by atoms with van der Waals surface area (Å²) in [5.41, 5.74) is 1.24. The number of methoxy groups -OCH3 is 1.